The molecule has 138 valence electrons. The summed E-state index contributed by atoms with van der Waals surface area (Å²) in [5.41, 5.74) is 1.79. The molecule has 0 saturated carbocycles. The highest BCUT2D eigenvalue weighted by Gasteiger charge is 2.16. The standard InChI is InChI=1S/C19H21F2N3O2/c1-12(22-19(26)14-7-8-15(20)16(21)9-14)11-24-18(25)10-13-5-3-2-4-6-17(13)23-24/h7-10,12H,2-6,11H2,1H3,(H,22,26)/t12-/m1/s1. The van der Waals surface area contributed by atoms with Gasteiger partial charge in [-0.15, -0.1) is 0 Å². The van der Waals surface area contributed by atoms with E-state index in [0.29, 0.717) is 0 Å². The van der Waals surface area contributed by atoms with E-state index in [4.69, 9.17) is 0 Å². The van der Waals surface area contributed by atoms with Gasteiger partial charge in [0.1, 0.15) is 0 Å². The van der Waals surface area contributed by atoms with Crippen molar-refractivity contribution in [1.82, 2.24) is 15.1 Å². The van der Waals surface area contributed by atoms with Gasteiger partial charge in [-0.1, -0.05) is 6.42 Å². The summed E-state index contributed by atoms with van der Waals surface area (Å²) in [5, 5.41) is 7.15. The minimum atomic E-state index is -1.08. The topological polar surface area (TPSA) is 64.0 Å². The van der Waals surface area contributed by atoms with Crippen molar-refractivity contribution in [3.8, 4) is 0 Å². The van der Waals surface area contributed by atoms with E-state index in [2.05, 4.69) is 10.4 Å². The normalized spacial score (nSPS) is 15.0. The van der Waals surface area contributed by atoms with Crippen LogP contribution < -0.4 is 10.9 Å². The smallest absolute Gasteiger partial charge is 0.267 e. The lowest BCUT2D eigenvalue weighted by Crippen LogP contribution is -2.39. The third-order valence-corrected chi connectivity index (χ3v) is 4.53. The van der Waals surface area contributed by atoms with Gasteiger partial charge in [-0.25, -0.2) is 13.5 Å². The van der Waals surface area contributed by atoms with Crippen LogP contribution in [0.2, 0.25) is 0 Å². The molecule has 1 aromatic heterocycles. The van der Waals surface area contributed by atoms with Crippen molar-refractivity contribution >= 4 is 5.91 Å². The highest BCUT2D eigenvalue weighted by Crippen LogP contribution is 2.17. The Hall–Kier alpha value is -2.57. The average Bonchev–Trinajstić information content (AvgIpc) is 2.82. The highest BCUT2D eigenvalue weighted by atomic mass is 19.2. The molecule has 0 saturated heterocycles. The number of carbonyl (C=O) groups is 1. The van der Waals surface area contributed by atoms with Gasteiger partial charge in [0.2, 0.25) is 0 Å². The van der Waals surface area contributed by atoms with Crippen LogP contribution in [0.3, 0.4) is 0 Å². The van der Waals surface area contributed by atoms with Crippen molar-refractivity contribution < 1.29 is 13.6 Å². The van der Waals surface area contributed by atoms with E-state index in [9.17, 15) is 18.4 Å². The molecule has 1 aliphatic carbocycles. The predicted octanol–water partition coefficient (Wildman–Crippen LogP) is 2.61. The Labute approximate surface area is 150 Å². The van der Waals surface area contributed by atoms with E-state index in [1.165, 1.54) is 10.7 Å². The van der Waals surface area contributed by atoms with Crippen LogP contribution in [0, 0.1) is 11.6 Å². The zero-order chi connectivity index (χ0) is 18.7. The fourth-order valence-corrected chi connectivity index (χ4v) is 3.16. The molecule has 1 aliphatic rings. The molecule has 1 N–H and O–H groups in total. The van der Waals surface area contributed by atoms with Crippen LogP contribution in [-0.4, -0.2) is 21.7 Å². The highest BCUT2D eigenvalue weighted by molar-refractivity contribution is 5.94. The van der Waals surface area contributed by atoms with Gasteiger partial charge in [-0.3, -0.25) is 9.59 Å². The van der Waals surface area contributed by atoms with Crippen molar-refractivity contribution in [2.75, 3.05) is 0 Å². The number of rotatable bonds is 4. The summed E-state index contributed by atoms with van der Waals surface area (Å²) >= 11 is 0. The Balaban J connectivity index is 1.70. The summed E-state index contributed by atoms with van der Waals surface area (Å²) in [5.74, 6) is -2.61. The number of aromatic nitrogens is 2. The van der Waals surface area contributed by atoms with Crippen LogP contribution in [-0.2, 0) is 19.4 Å². The Morgan fingerprint density at radius 2 is 1.96 bits per heavy atom. The maximum absolute atomic E-state index is 13.3. The minimum Gasteiger partial charge on any atom is -0.348 e. The number of hydrogen-bond donors (Lipinski definition) is 1. The molecule has 0 aliphatic heterocycles. The Bertz CT molecular complexity index is 880. The number of amides is 1. The lowest BCUT2D eigenvalue weighted by molar-refractivity contribution is 0.0935. The lowest BCUT2D eigenvalue weighted by atomic mass is 10.1. The number of nitrogens with one attached hydrogen (secondary N) is 1. The van der Waals surface area contributed by atoms with Gasteiger partial charge < -0.3 is 5.32 Å². The van der Waals surface area contributed by atoms with Gasteiger partial charge in [-0.05, 0) is 56.4 Å². The Morgan fingerprint density at radius 3 is 2.73 bits per heavy atom. The molecule has 1 heterocycles. The van der Waals surface area contributed by atoms with E-state index in [1.54, 1.807) is 13.0 Å². The number of carbonyl (C=O) groups excluding carboxylic acids is 1. The van der Waals surface area contributed by atoms with Gasteiger partial charge in [0.15, 0.2) is 11.6 Å². The van der Waals surface area contributed by atoms with Crippen molar-refractivity contribution in [2.24, 2.45) is 0 Å². The van der Waals surface area contributed by atoms with Gasteiger partial charge in [-0.2, -0.15) is 5.10 Å². The summed E-state index contributed by atoms with van der Waals surface area (Å²) in [6.07, 6.45) is 4.98. The van der Waals surface area contributed by atoms with Crippen LogP contribution in [0.15, 0.2) is 29.1 Å². The molecule has 0 radical (unpaired) electrons. The fraction of sp³-hybridized carbons (Fsp3) is 0.421. The van der Waals surface area contributed by atoms with E-state index in [1.807, 2.05) is 0 Å². The van der Waals surface area contributed by atoms with Crippen LogP contribution in [0.25, 0.3) is 0 Å². The zero-order valence-corrected chi connectivity index (χ0v) is 14.6. The van der Waals surface area contributed by atoms with Gasteiger partial charge in [0.25, 0.3) is 11.5 Å². The zero-order valence-electron chi connectivity index (χ0n) is 14.6. The summed E-state index contributed by atoms with van der Waals surface area (Å²) < 4.78 is 27.6. The van der Waals surface area contributed by atoms with Crippen molar-refractivity contribution in [2.45, 2.75) is 51.6 Å². The molecule has 1 amide bonds. The number of aryl methyl sites for hydroxylation is 2. The van der Waals surface area contributed by atoms with Crippen molar-refractivity contribution in [3.05, 3.63) is 63.1 Å². The predicted molar refractivity (Wildman–Crippen MR) is 93.0 cm³/mol. The van der Waals surface area contributed by atoms with Crippen LogP contribution in [0.4, 0.5) is 8.78 Å². The first-order chi connectivity index (χ1) is 12.4. The van der Waals surface area contributed by atoms with Crippen molar-refractivity contribution in [1.29, 1.82) is 0 Å². The molecule has 1 aromatic carbocycles. The molecule has 26 heavy (non-hydrogen) atoms. The number of nitrogens with zero attached hydrogens (tertiary/aromatic N) is 2. The largest absolute Gasteiger partial charge is 0.348 e. The average molecular weight is 361 g/mol. The molecule has 5 nitrogen and oxygen atoms in total. The molecule has 0 spiro atoms. The second kappa shape index (κ2) is 7.76. The van der Waals surface area contributed by atoms with Crippen LogP contribution in [0.5, 0.6) is 0 Å². The number of halogens is 2. The maximum Gasteiger partial charge on any atom is 0.267 e. The number of fused-ring (bicyclic) bond motifs is 1. The maximum atomic E-state index is 13.3. The van der Waals surface area contributed by atoms with Crippen LogP contribution >= 0.6 is 0 Å². The summed E-state index contributed by atoms with van der Waals surface area (Å²) in [6, 6.07) is 4.22. The molecule has 0 bridgehead atoms. The molecule has 0 fully saturated rings. The third-order valence-electron chi connectivity index (χ3n) is 4.53. The molecule has 3 rings (SSSR count). The van der Waals surface area contributed by atoms with E-state index in [0.717, 1.165) is 55.5 Å². The molecule has 2 aromatic rings. The van der Waals surface area contributed by atoms with E-state index in [-0.39, 0.29) is 17.7 Å². The van der Waals surface area contributed by atoms with E-state index < -0.39 is 23.6 Å². The summed E-state index contributed by atoms with van der Waals surface area (Å²) in [6.45, 7) is 1.94. The Morgan fingerprint density at radius 1 is 1.19 bits per heavy atom. The molecular weight excluding hydrogens is 340 g/mol. The summed E-state index contributed by atoms with van der Waals surface area (Å²) in [4.78, 5) is 24.4. The SMILES string of the molecule is C[C@H](Cn1nc2c(cc1=O)CCCCC2)NC(=O)c1ccc(F)c(F)c1. The first-order valence-electron chi connectivity index (χ1n) is 8.80. The fourth-order valence-electron chi connectivity index (χ4n) is 3.16. The first kappa shape index (κ1) is 18.2. The quantitative estimate of drug-likeness (QED) is 0.852. The molecular formula is C19H21F2N3O2. The second-order valence-electron chi connectivity index (χ2n) is 6.70. The van der Waals surface area contributed by atoms with Gasteiger partial charge >= 0.3 is 0 Å². The second-order valence-corrected chi connectivity index (χ2v) is 6.70. The number of benzene rings is 1. The Kier molecular flexibility index (Phi) is 5.44. The van der Waals surface area contributed by atoms with E-state index >= 15 is 0 Å². The summed E-state index contributed by atoms with van der Waals surface area (Å²) in [7, 11) is 0. The lowest BCUT2D eigenvalue weighted by Gasteiger charge is -2.16. The monoisotopic (exact) mass is 361 g/mol. The van der Waals surface area contributed by atoms with Gasteiger partial charge in [0, 0.05) is 17.7 Å². The molecule has 0 unspecified atom stereocenters. The van der Waals surface area contributed by atoms with Crippen LogP contribution in [0.1, 0.15) is 47.8 Å². The van der Waals surface area contributed by atoms with Crippen molar-refractivity contribution in [3.63, 3.8) is 0 Å². The third kappa shape index (κ3) is 4.15. The molecule has 1 atom stereocenters. The minimum absolute atomic E-state index is 0.0259. The first-order valence-corrected chi connectivity index (χ1v) is 8.80. The number of hydrogen-bond acceptors (Lipinski definition) is 3. The molecule has 7 heteroatoms. The van der Waals surface area contributed by atoms with Gasteiger partial charge in [0.05, 0.1) is 12.2 Å².